The van der Waals surface area contributed by atoms with E-state index in [1.807, 2.05) is 13.0 Å². The van der Waals surface area contributed by atoms with Gasteiger partial charge in [0.15, 0.2) is 4.96 Å². The van der Waals surface area contributed by atoms with Gasteiger partial charge in [0.2, 0.25) is 0 Å². The lowest BCUT2D eigenvalue weighted by atomic mass is 9.81. The Morgan fingerprint density at radius 2 is 2.07 bits per heavy atom. The van der Waals surface area contributed by atoms with E-state index in [0.29, 0.717) is 17.2 Å². The van der Waals surface area contributed by atoms with Gasteiger partial charge in [-0.15, -0.1) is 11.3 Å². The van der Waals surface area contributed by atoms with Crippen LogP contribution in [-0.2, 0) is 5.41 Å². The zero-order chi connectivity index (χ0) is 18.8. The number of hydrogen-bond acceptors (Lipinski definition) is 4. The number of aromatic nitrogens is 2. The van der Waals surface area contributed by atoms with Crippen LogP contribution in [0.3, 0.4) is 0 Å². The summed E-state index contributed by atoms with van der Waals surface area (Å²) in [4.78, 5) is 33.3. The molecule has 1 saturated carbocycles. The topological polar surface area (TPSA) is 54.7 Å². The molecule has 2 aliphatic rings. The molecular formula is C20H18FN3O2S. The van der Waals surface area contributed by atoms with Crippen LogP contribution in [0.25, 0.3) is 4.96 Å². The van der Waals surface area contributed by atoms with E-state index in [4.69, 9.17) is 0 Å². The summed E-state index contributed by atoms with van der Waals surface area (Å²) < 4.78 is 16.1. The predicted octanol–water partition coefficient (Wildman–Crippen LogP) is 3.68. The maximum atomic E-state index is 14.7. The van der Waals surface area contributed by atoms with Crippen LogP contribution in [0, 0.1) is 12.7 Å². The van der Waals surface area contributed by atoms with Crippen molar-refractivity contribution in [3.8, 4) is 0 Å². The number of carbonyl (C=O) groups excluding carboxylic acids is 1. The Morgan fingerprint density at radius 1 is 1.30 bits per heavy atom. The molecular weight excluding hydrogens is 365 g/mol. The highest BCUT2D eigenvalue weighted by atomic mass is 32.1. The molecule has 5 nitrogen and oxygen atoms in total. The second-order valence-electron chi connectivity index (χ2n) is 7.49. The molecule has 3 aromatic rings. The summed E-state index contributed by atoms with van der Waals surface area (Å²) in [7, 11) is 0. The van der Waals surface area contributed by atoms with Gasteiger partial charge in [0.1, 0.15) is 11.4 Å². The minimum Gasteiger partial charge on any atom is -0.304 e. The fraction of sp³-hybridized carbons (Fsp3) is 0.350. The second-order valence-corrected chi connectivity index (χ2v) is 8.70. The van der Waals surface area contributed by atoms with E-state index in [0.717, 1.165) is 36.1 Å². The van der Waals surface area contributed by atoms with Crippen LogP contribution in [0.2, 0.25) is 0 Å². The summed E-state index contributed by atoms with van der Waals surface area (Å²) >= 11 is 1.39. The fourth-order valence-electron chi connectivity index (χ4n) is 4.62. The molecule has 27 heavy (non-hydrogen) atoms. The first kappa shape index (κ1) is 16.6. The molecule has 0 unspecified atom stereocenters. The van der Waals surface area contributed by atoms with Crippen molar-refractivity contribution in [3.05, 3.63) is 62.8 Å². The van der Waals surface area contributed by atoms with Crippen LogP contribution in [0.5, 0.6) is 0 Å². The van der Waals surface area contributed by atoms with Crippen molar-refractivity contribution >= 4 is 27.9 Å². The molecule has 1 fully saturated rings. The number of halogens is 1. The van der Waals surface area contributed by atoms with Crippen molar-refractivity contribution in [1.82, 2.24) is 9.38 Å². The van der Waals surface area contributed by atoms with Gasteiger partial charge in [0.25, 0.3) is 11.5 Å². The molecule has 0 bridgehead atoms. The van der Waals surface area contributed by atoms with Crippen molar-refractivity contribution in [1.29, 1.82) is 0 Å². The quantitative estimate of drug-likeness (QED) is 0.644. The average molecular weight is 383 g/mol. The van der Waals surface area contributed by atoms with Gasteiger partial charge in [-0.25, -0.2) is 9.37 Å². The number of nitrogens with zero attached hydrogens (tertiary/aromatic N) is 3. The van der Waals surface area contributed by atoms with Gasteiger partial charge < -0.3 is 4.90 Å². The van der Waals surface area contributed by atoms with Gasteiger partial charge in [-0.3, -0.25) is 14.0 Å². The van der Waals surface area contributed by atoms with E-state index in [9.17, 15) is 14.0 Å². The van der Waals surface area contributed by atoms with E-state index < -0.39 is 17.3 Å². The molecule has 0 saturated heterocycles. The van der Waals surface area contributed by atoms with Crippen molar-refractivity contribution < 1.29 is 9.18 Å². The van der Waals surface area contributed by atoms with Gasteiger partial charge in [-0.1, -0.05) is 25.0 Å². The van der Waals surface area contributed by atoms with E-state index >= 15 is 0 Å². The fourth-order valence-corrected chi connectivity index (χ4v) is 5.41. The number of anilines is 1. The van der Waals surface area contributed by atoms with Crippen LogP contribution >= 0.6 is 11.3 Å². The van der Waals surface area contributed by atoms with Crippen LogP contribution < -0.4 is 10.5 Å². The minimum absolute atomic E-state index is 0.0189. The SMILES string of the molecule is Cc1cn2c(=O)c(C(=O)N3CC4(CCCC4)c4cccc(F)c43)cnc2s1. The highest BCUT2D eigenvalue weighted by Gasteiger charge is 2.47. The van der Waals surface area contributed by atoms with E-state index in [-0.39, 0.29) is 11.0 Å². The molecule has 138 valence electrons. The summed E-state index contributed by atoms with van der Waals surface area (Å²) in [6, 6.07) is 5.01. The van der Waals surface area contributed by atoms with Gasteiger partial charge in [-0.2, -0.15) is 0 Å². The first-order chi connectivity index (χ1) is 13.0. The molecule has 0 radical (unpaired) electrons. The molecule has 1 aliphatic carbocycles. The Kier molecular flexibility index (Phi) is 3.53. The smallest absolute Gasteiger partial charge is 0.271 e. The summed E-state index contributed by atoms with van der Waals surface area (Å²) in [6.07, 6.45) is 7.03. The van der Waals surface area contributed by atoms with E-state index in [1.165, 1.54) is 32.9 Å². The van der Waals surface area contributed by atoms with Crippen LogP contribution in [0.15, 0.2) is 35.4 Å². The standard InChI is InChI=1S/C20H18FN3O2S/c1-12-10-23-17(25)13(9-22-19(23)27-12)18(26)24-11-20(7-2-3-8-20)14-5-4-6-15(21)16(14)24/h4-6,9-10H,2-3,7-8,11H2,1H3. The third-order valence-electron chi connectivity index (χ3n) is 5.85. The number of fused-ring (bicyclic) bond motifs is 3. The molecule has 1 amide bonds. The molecule has 0 atom stereocenters. The number of aryl methyl sites for hydroxylation is 1. The predicted molar refractivity (Wildman–Crippen MR) is 102 cm³/mol. The Morgan fingerprint density at radius 3 is 2.85 bits per heavy atom. The second kappa shape index (κ2) is 5.73. The molecule has 1 aliphatic heterocycles. The lowest BCUT2D eigenvalue weighted by Crippen LogP contribution is -2.38. The Bertz CT molecular complexity index is 1140. The summed E-state index contributed by atoms with van der Waals surface area (Å²) in [5.74, 6) is -0.883. The van der Waals surface area contributed by atoms with Crippen molar-refractivity contribution in [2.24, 2.45) is 0 Å². The highest BCUT2D eigenvalue weighted by Crippen LogP contribution is 2.51. The molecule has 5 rings (SSSR count). The lowest BCUT2D eigenvalue weighted by Gasteiger charge is -2.24. The maximum Gasteiger partial charge on any atom is 0.271 e. The number of hydrogen-bond donors (Lipinski definition) is 0. The van der Waals surface area contributed by atoms with Crippen LogP contribution in [0.4, 0.5) is 10.1 Å². The Labute approximate surface area is 159 Å². The highest BCUT2D eigenvalue weighted by molar-refractivity contribution is 7.16. The van der Waals surface area contributed by atoms with Gasteiger partial charge in [0, 0.05) is 29.2 Å². The minimum atomic E-state index is -0.471. The molecule has 0 N–H and O–H groups in total. The van der Waals surface area contributed by atoms with Crippen LogP contribution in [-0.4, -0.2) is 21.8 Å². The largest absolute Gasteiger partial charge is 0.304 e. The number of amides is 1. The van der Waals surface area contributed by atoms with E-state index in [2.05, 4.69) is 4.98 Å². The third-order valence-corrected chi connectivity index (χ3v) is 6.76. The summed E-state index contributed by atoms with van der Waals surface area (Å²) in [5.41, 5.74) is 0.609. The number of thiazole rings is 1. The normalized spacial score (nSPS) is 17.8. The lowest BCUT2D eigenvalue weighted by molar-refractivity contribution is 0.0982. The number of para-hydroxylation sites is 1. The van der Waals surface area contributed by atoms with Crippen molar-refractivity contribution in [3.63, 3.8) is 0 Å². The average Bonchev–Trinajstić information content (AvgIpc) is 3.34. The molecule has 2 aromatic heterocycles. The number of rotatable bonds is 1. The van der Waals surface area contributed by atoms with Crippen molar-refractivity contribution in [2.75, 3.05) is 11.4 Å². The van der Waals surface area contributed by atoms with Gasteiger partial charge >= 0.3 is 0 Å². The van der Waals surface area contributed by atoms with Crippen LogP contribution in [0.1, 0.15) is 46.5 Å². The van der Waals surface area contributed by atoms with Gasteiger partial charge in [0.05, 0.1) is 5.69 Å². The maximum absolute atomic E-state index is 14.7. The van der Waals surface area contributed by atoms with Crippen molar-refractivity contribution in [2.45, 2.75) is 38.0 Å². The van der Waals surface area contributed by atoms with Gasteiger partial charge in [-0.05, 0) is 31.4 Å². The first-order valence-corrected chi connectivity index (χ1v) is 9.90. The zero-order valence-electron chi connectivity index (χ0n) is 14.9. The first-order valence-electron chi connectivity index (χ1n) is 9.09. The molecule has 1 aromatic carbocycles. The molecule has 7 heteroatoms. The summed E-state index contributed by atoms with van der Waals surface area (Å²) in [5, 5.41) is 0. The Hall–Kier alpha value is -2.54. The number of benzene rings is 1. The zero-order valence-corrected chi connectivity index (χ0v) is 15.7. The van der Waals surface area contributed by atoms with E-state index in [1.54, 1.807) is 12.3 Å². The summed E-state index contributed by atoms with van der Waals surface area (Å²) in [6.45, 7) is 2.31. The monoisotopic (exact) mass is 383 g/mol. The third kappa shape index (κ3) is 2.31. The Balaban J connectivity index is 1.64. The molecule has 3 heterocycles. The number of carbonyl (C=O) groups is 1. The molecule has 1 spiro atoms.